The summed E-state index contributed by atoms with van der Waals surface area (Å²) in [5, 5.41) is 8.86. The zero-order valence-corrected chi connectivity index (χ0v) is 11.5. The van der Waals surface area contributed by atoms with Gasteiger partial charge in [0.25, 0.3) is 0 Å². The standard InChI is InChI=1S/C15H17N5/c1-20-11-18-14(19-20)7-9-16-10-13-5-2-4-12-6-3-8-17-15(12)13/h2-6,8,11,16H,7,9-10H2,1H3. The van der Waals surface area contributed by atoms with E-state index in [-0.39, 0.29) is 0 Å². The van der Waals surface area contributed by atoms with Gasteiger partial charge in [-0.2, -0.15) is 5.10 Å². The van der Waals surface area contributed by atoms with E-state index in [2.05, 4.69) is 44.6 Å². The van der Waals surface area contributed by atoms with Gasteiger partial charge in [0.15, 0.2) is 5.82 Å². The number of nitrogens with zero attached hydrogens (tertiary/aromatic N) is 4. The summed E-state index contributed by atoms with van der Waals surface area (Å²) in [4.78, 5) is 8.66. The van der Waals surface area contributed by atoms with Crippen LogP contribution in [-0.4, -0.2) is 26.3 Å². The van der Waals surface area contributed by atoms with E-state index in [1.54, 1.807) is 11.0 Å². The van der Waals surface area contributed by atoms with Crippen LogP contribution in [0.4, 0.5) is 0 Å². The van der Waals surface area contributed by atoms with Gasteiger partial charge in [0.2, 0.25) is 0 Å². The lowest BCUT2D eigenvalue weighted by atomic mass is 10.1. The van der Waals surface area contributed by atoms with Crippen molar-refractivity contribution in [3.05, 3.63) is 54.2 Å². The molecule has 5 heteroatoms. The zero-order valence-electron chi connectivity index (χ0n) is 11.5. The monoisotopic (exact) mass is 267 g/mol. The predicted molar refractivity (Wildman–Crippen MR) is 78.2 cm³/mol. The molecule has 0 aliphatic rings. The van der Waals surface area contributed by atoms with E-state index in [0.29, 0.717) is 0 Å². The van der Waals surface area contributed by atoms with Crippen LogP contribution in [0.5, 0.6) is 0 Å². The number of hydrogen-bond acceptors (Lipinski definition) is 4. The maximum Gasteiger partial charge on any atom is 0.151 e. The summed E-state index contributed by atoms with van der Waals surface area (Å²) >= 11 is 0. The second-order valence-electron chi connectivity index (χ2n) is 4.75. The fourth-order valence-corrected chi connectivity index (χ4v) is 2.23. The summed E-state index contributed by atoms with van der Waals surface area (Å²) in [5.41, 5.74) is 2.29. The molecule has 1 aromatic carbocycles. The number of para-hydroxylation sites is 1. The summed E-state index contributed by atoms with van der Waals surface area (Å²) in [5.74, 6) is 0.871. The molecule has 0 spiro atoms. The third-order valence-corrected chi connectivity index (χ3v) is 3.20. The molecule has 1 N–H and O–H groups in total. The van der Waals surface area contributed by atoms with Gasteiger partial charge in [-0.3, -0.25) is 9.67 Å². The zero-order chi connectivity index (χ0) is 13.8. The Morgan fingerprint density at radius 2 is 2.05 bits per heavy atom. The van der Waals surface area contributed by atoms with Crippen molar-refractivity contribution >= 4 is 10.9 Å². The smallest absolute Gasteiger partial charge is 0.151 e. The average Bonchev–Trinajstić information content (AvgIpc) is 2.89. The summed E-state index contributed by atoms with van der Waals surface area (Å²) in [6.07, 6.45) is 4.40. The predicted octanol–water partition coefficient (Wildman–Crippen LogP) is 1.70. The first-order valence-corrected chi connectivity index (χ1v) is 6.71. The van der Waals surface area contributed by atoms with Crippen LogP contribution in [-0.2, 0) is 20.0 Å². The Morgan fingerprint density at radius 1 is 1.15 bits per heavy atom. The van der Waals surface area contributed by atoms with Crippen molar-refractivity contribution < 1.29 is 0 Å². The minimum atomic E-state index is 0.807. The normalized spacial score (nSPS) is 11.1. The number of aromatic nitrogens is 4. The van der Waals surface area contributed by atoms with E-state index >= 15 is 0 Å². The van der Waals surface area contributed by atoms with E-state index in [9.17, 15) is 0 Å². The molecule has 0 saturated heterocycles. The van der Waals surface area contributed by atoms with Crippen molar-refractivity contribution in [3.63, 3.8) is 0 Å². The Morgan fingerprint density at radius 3 is 2.90 bits per heavy atom. The van der Waals surface area contributed by atoms with Gasteiger partial charge in [0, 0.05) is 38.1 Å². The number of fused-ring (bicyclic) bond motifs is 1. The fourth-order valence-electron chi connectivity index (χ4n) is 2.23. The summed E-state index contributed by atoms with van der Waals surface area (Å²) in [6, 6.07) is 10.3. The molecule has 0 amide bonds. The highest BCUT2D eigenvalue weighted by Crippen LogP contribution is 2.15. The summed E-state index contributed by atoms with van der Waals surface area (Å²) < 4.78 is 1.73. The van der Waals surface area contributed by atoms with Crippen molar-refractivity contribution in [2.75, 3.05) is 6.54 Å². The van der Waals surface area contributed by atoms with Crippen molar-refractivity contribution in [2.24, 2.45) is 7.05 Å². The average molecular weight is 267 g/mol. The van der Waals surface area contributed by atoms with Crippen LogP contribution >= 0.6 is 0 Å². The third-order valence-electron chi connectivity index (χ3n) is 3.20. The quantitative estimate of drug-likeness (QED) is 0.715. The lowest BCUT2D eigenvalue weighted by Crippen LogP contribution is -2.17. The van der Waals surface area contributed by atoms with Gasteiger partial charge in [-0.15, -0.1) is 0 Å². The van der Waals surface area contributed by atoms with Crippen molar-refractivity contribution in [2.45, 2.75) is 13.0 Å². The lowest BCUT2D eigenvalue weighted by Gasteiger charge is -2.06. The minimum Gasteiger partial charge on any atom is -0.312 e. The summed E-state index contributed by atoms with van der Waals surface area (Å²) in [7, 11) is 1.88. The number of benzene rings is 1. The SMILES string of the molecule is Cn1cnc(CCNCc2cccc3cccnc23)n1. The number of rotatable bonds is 5. The molecule has 2 aromatic heterocycles. The second kappa shape index (κ2) is 5.79. The molecule has 0 aliphatic carbocycles. The number of aryl methyl sites for hydroxylation is 1. The van der Waals surface area contributed by atoms with E-state index < -0.39 is 0 Å². The highest BCUT2D eigenvalue weighted by molar-refractivity contribution is 5.81. The van der Waals surface area contributed by atoms with Gasteiger partial charge in [-0.05, 0) is 11.6 Å². The molecule has 20 heavy (non-hydrogen) atoms. The number of hydrogen-bond donors (Lipinski definition) is 1. The van der Waals surface area contributed by atoms with Gasteiger partial charge < -0.3 is 5.32 Å². The first-order valence-electron chi connectivity index (χ1n) is 6.71. The van der Waals surface area contributed by atoms with Gasteiger partial charge in [0.1, 0.15) is 6.33 Å². The molecule has 3 aromatic rings. The number of nitrogens with one attached hydrogen (secondary N) is 1. The third kappa shape index (κ3) is 2.83. The molecule has 0 fully saturated rings. The molecule has 0 bridgehead atoms. The Hall–Kier alpha value is -2.27. The molecule has 0 saturated carbocycles. The maximum atomic E-state index is 4.45. The lowest BCUT2D eigenvalue weighted by molar-refractivity contribution is 0.662. The molecule has 5 nitrogen and oxygen atoms in total. The molecule has 0 aliphatic heterocycles. The molecule has 0 unspecified atom stereocenters. The Labute approximate surface area is 117 Å². The van der Waals surface area contributed by atoms with Crippen LogP contribution in [0.1, 0.15) is 11.4 Å². The van der Waals surface area contributed by atoms with E-state index in [1.165, 1.54) is 10.9 Å². The van der Waals surface area contributed by atoms with Gasteiger partial charge in [-0.25, -0.2) is 4.98 Å². The van der Waals surface area contributed by atoms with Crippen molar-refractivity contribution in [3.8, 4) is 0 Å². The van der Waals surface area contributed by atoms with Crippen molar-refractivity contribution in [1.82, 2.24) is 25.1 Å². The maximum absolute atomic E-state index is 4.45. The number of pyridine rings is 1. The van der Waals surface area contributed by atoms with Gasteiger partial charge in [0.05, 0.1) is 5.52 Å². The van der Waals surface area contributed by atoms with E-state index in [1.807, 2.05) is 19.3 Å². The molecule has 0 atom stereocenters. The van der Waals surface area contributed by atoms with E-state index in [4.69, 9.17) is 0 Å². The van der Waals surface area contributed by atoms with Crippen LogP contribution in [0.25, 0.3) is 10.9 Å². The molecule has 102 valence electrons. The highest BCUT2D eigenvalue weighted by atomic mass is 15.3. The van der Waals surface area contributed by atoms with Crippen LogP contribution in [0.2, 0.25) is 0 Å². The molecule has 3 rings (SSSR count). The first kappa shape index (κ1) is 12.7. The minimum absolute atomic E-state index is 0.807. The van der Waals surface area contributed by atoms with Gasteiger partial charge in [-0.1, -0.05) is 24.3 Å². The largest absolute Gasteiger partial charge is 0.312 e. The molecular weight excluding hydrogens is 250 g/mol. The van der Waals surface area contributed by atoms with E-state index in [0.717, 1.165) is 30.9 Å². The Balaban J connectivity index is 1.60. The van der Waals surface area contributed by atoms with Crippen LogP contribution in [0, 0.1) is 0 Å². The Bertz CT molecular complexity index is 699. The topological polar surface area (TPSA) is 55.6 Å². The summed E-state index contributed by atoms with van der Waals surface area (Å²) in [6.45, 7) is 1.66. The fraction of sp³-hybridized carbons (Fsp3) is 0.267. The van der Waals surface area contributed by atoms with Crippen LogP contribution in [0.3, 0.4) is 0 Å². The second-order valence-corrected chi connectivity index (χ2v) is 4.75. The Kier molecular flexibility index (Phi) is 3.69. The molecule has 2 heterocycles. The van der Waals surface area contributed by atoms with Gasteiger partial charge >= 0.3 is 0 Å². The van der Waals surface area contributed by atoms with Crippen LogP contribution in [0.15, 0.2) is 42.9 Å². The van der Waals surface area contributed by atoms with Crippen LogP contribution < -0.4 is 5.32 Å². The molecule has 0 radical (unpaired) electrons. The highest BCUT2D eigenvalue weighted by Gasteiger charge is 2.02. The first-order chi connectivity index (χ1) is 9.83. The molecular formula is C15H17N5. The van der Waals surface area contributed by atoms with Crippen molar-refractivity contribution in [1.29, 1.82) is 0 Å².